The summed E-state index contributed by atoms with van der Waals surface area (Å²) in [5, 5.41) is 2.93. The zero-order valence-corrected chi connectivity index (χ0v) is 13.6. The molecule has 7 heteroatoms. The summed E-state index contributed by atoms with van der Waals surface area (Å²) in [7, 11) is 1.77. The highest BCUT2D eigenvalue weighted by molar-refractivity contribution is 7.98. The molecule has 0 saturated heterocycles. The molecule has 1 unspecified atom stereocenters. The van der Waals surface area contributed by atoms with Crippen molar-refractivity contribution in [2.45, 2.75) is 32.5 Å². The number of pyridine rings is 1. The molecule has 0 radical (unpaired) electrons. The first kappa shape index (κ1) is 17.9. The van der Waals surface area contributed by atoms with Gasteiger partial charge in [-0.3, -0.25) is 0 Å². The van der Waals surface area contributed by atoms with Crippen LogP contribution in [-0.2, 0) is 6.18 Å². The molecule has 1 aromatic rings. The number of anilines is 2. The van der Waals surface area contributed by atoms with Gasteiger partial charge in [-0.25, -0.2) is 4.98 Å². The van der Waals surface area contributed by atoms with Crippen LogP contribution in [0.3, 0.4) is 0 Å². The molecule has 1 rings (SSSR count). The summed E-state index contributed by atoms with van der Waals surface area (Å²) >= 11 is 1.65. The van der Waals surface area contributed by atoms with Gasteiger partial charge < -0.3 is 10.2 Å². The molecule has 0 aromatic carbocycles. The Bertz CT molecular complexity index is 452. The summed E-state index contributed by atoms with van der Waals surface area (Å²) in [6.45, 7) is 4.52. The van der Waals surface area contributed by atoms with Crippen LogP contribution in [0.2, 0.25) is 0 Å². The largest absolute Gasteiger partial charge is 0.416 e. The summed E-state index contributed by atoms with van der Waals surface area (Å²) in [5.41, 5.74) is -0.672. The fourth-order valence-corrected chi connectivity index (χ4v) is 2.49. The lowest BCUT2D eigenvalue weighted by Crippen LogP contribution is -2.32. The van der Waals surface area contributed by atoms with Crippen LogP contribution < -0.4 is 10.2 Å². The van der Waals surface area contributed by atoms with Crippen molar-refractivity contribution in [3.05, 3.63) is 17.7 Å². The van der Waals surface area contributed by atoms with E-state index in [0.29, 0.717) is 12.4 Å². The molecule has 0 aliphatic carbocycles. The van der Waals surface area contributed by atoms with Gasteiger partial charge >= 0.3 is 6.18 Å². The number of hydrogen-bond donors (Lipinski definition) is 1. The highest BCUT2D eigenvalue weighted by atomic mass is 32.2. The lowest BCUT2D eigenvalue weighted by atomic mass is 10.2. The molecule has 1 aromatic heterocycles. The Morgan fingerprint density at radius 2 is 2.05 bits per heavy atom. The maximum absolute atomic E-state index is 13.0. The first-order valence-electron chi connectivity index (χ1n) is 6.84. The topological polar surface area (TPSA) is 28.2 Å². The minimum absolute atomic E-state index is 0.106. The second-order valence-electron chi connectivity index (χ2n) is 4.94. The van der Waals surface area contributed by atoms with Crippen molar-refractivity contribution in [3.63, 3.8) is 0 Å². The van der Waals surface area contributed by atoms with E-state index in [0.717, 1.165) is 24.3 Å². The van der Waals surface area contributed by atoms with Crippen molar-refractivity contribution in [1.29, 1.82) is 0 Å². The highest BCUT2D eigenvalue weighted by Crippen LogP contribution is 2.33. The normalized spacial score (nSPS) is 13.1. The van der Waals surface area contributed by atoms with Crippen LogP contribution in [0, 0.1) is 0 Å². The third-order valence-corrected chi connectivity index (χ3v) is 3.94. The van der Waals surface area contributed by atoms with Gasteiger partial charge in [0.2, 0.25) is 0 Å². The number of nitrogens with one attached hydrogen (secondary N) is 1. The first-order chi connectivity index (χ1) is 9.79. The van der Waals surface area contributed by atoms with Crippen molar-refractivity contribution in [2.75, 3.05) is 35.8 Å². The number of thioether (sulfide) groups is 1. The van der Waals surface area contributed by atoms with Gasteiger partial charge in [-0.15, -0.1) is 0 Å². The Hall–Kier alpha value is -1.11. The molecule has 0 spiro atoms. The average molecular weight is 321 g/mol. The lowest BCUT2D eigenvalue weighted by Gasteiger charge is -2.26. The maximum atomic E-state index is 13.0. The Balaban J connectivity index is 3.11. The van der Waals surface area contributed by atoms with E-state index in [1.807, 2.05) is 20.1 Å². The first-order valence-corrected chi connectivity index (χ1v) is 8.23. The average Bonchev–Trinajstić information content (AvgIpc) is 2.43. The summed E-state index contributed by atoms with van der Waals surface area (Å²) in [5.74, 6) is 1.43. The van der Waals surface area contributed by atoms with Gasteiger partial charge in [-0.1, -0.05) is 6.92 Å². The van der Waals surface area contributed by atoms with Crippen molar-refractivity contribution >= 4 is 23.4 Å². The number of halogens is 3. The van der Waals surface area contributed by atoms with E-state index < -0.39 is 11.7 Å². The van der Waals surface area contributed by atoms with Crippen LogP contribution >= 0.6 is 11.8 Å². The van der Waals surface area contributed by atoms with E-state index in [4.69, 9.17) is 0 Å². The molecule has 1 heterocycles. The lowest BCUT2D eigenvalue weighted by molar-refractivity contribution is -0.137. The number of alkyl halides is 3. The fourth-order valence-electron chi connectivity index (χ4n) is 1.78. The van der Waals surface area contributed by atoms with Crippen LogP contribution in [0.5, 0.6) is 0 Å². The SMILES string of the molecule is CCCNc1cc(C(F)(F)F)cc(N(C)C(C)CSC)n1. The number of rotatable bonds is 7. The van der Waals surface area contributed by atoms with Gasteiger partial charge in [-0.2, -0.15) is 24.9 Å². The fraction of sp³-hybridized carbons (Fsp3) is 0.643. The van der Waals surface area contributed by atoms with Gasteiger partial charge in [-0.05, 0) is 31.7 Å². The quantitative estimate of drug-likeness (QED) is 0.818. The Labute approximate surface area is 128 Å². The molecule has 0 aliphatic heterocycles. The molecular weight excluding hydrogens is 299 g/mol. The van der Waals surface area contributed by atoms with E-state index in [1.54, 1.807) is 23.7 Å². The van der Waals surface area contributed by atoms with Gasteiger partial charge in [0.15, 0.2) is 0 Å². The molecule has 0 aliphatic rings. The summed E-state index contributed by atoms with van der Waals surface area (Å²) in [4.78, 5) is 6.07. The summed E-state index contributed by atoms with van der Waals surface area (Å²) in [6, 6.07) is 2.27. The van der Waals surface area contributed by atoms with Gasteiger partial charge in [0.1, 0.15) is 11.6 Å². The standard InChI is InChI=1S/C14H22F3N3S/c1-5-6-18-12-7-11(14(15,16)17)8-13(19-12)20(3)10(2)9-21-4/h7-8,10H,5-6,9H2,1-4H3,(H,18,19). The Morgan fingerprint density at radius 3 is 2.57 bits per heavy atom. The Morgan fingerprint density at radius 1 is 1.38 bits per heavy atom. The second-order valence-corrected chi connectivity index (χ2v) is 5.85. The van der Waals surface area contributed by atoms with Crippen molar-refractivity contribution in [3.8, 4) is 0 Å². The van der Waals surface area contributed by atoms with Crippen LogP contribution in [0.25, 0.3) is 0 Å². The molecule has 0 fully saturated rings. The van der Waals surface area contributed by atoms with Crippen molar-refractivity contribution in [2.24, 2.45) is 0 Å². The van der Waals surface area contributed by atoms with E-state index in [-0.39, 0.29) is 11.9 Å². The molecule has 3 nitrogen and oxygen atoms in total. The molecule has 1 N–H and O–H groups in total. The molecule has 0 saturated carbocycles. The molecule has 1 atom stereocenters. The molecule has 120 valence electrons. The number of hydrogen-bond acceptors (Lipinski definition) is 4. The van der Waals surface area contributed by atoms with Gasteiger partial charge in [0.05, 0.1) is 5.56 Å². The zero-order valence-electron chi connectivity index (χ0n) is 12.8. The van der Waals surface area contributed by atoms with Crippen LogP contribution in [-0.4, -0.2) is 36.6 Å². The van der Waals surface area contributed by atoms with Crippen molar-refractivity contribution in [1.82, 2.24) is 4.98 Å². The van der Waals surface area contributed by atoms with E-state index >= 15 is 0 Å². The van der Waals surface area contributed by atoms with Gasteiger partial charge in [0, 0.05) is 25.4 Å². The van der Waals surface area contributed by atoms with Gasteiger partial charge in [0.25, 0.3) is 0 Å². The predicted molar refractivity (Wildman–Crippen MR) is 84.3 cm³/mol. The summed E-state index contributed by atoms with van der Waals surface area (Å²) in [6.07, 6.45) is -1.58. The molecular formula is C14H22F3N3S. The summed E-state index contributed by atoms with van der Waals surface area (Å²) < 4.78 is 39.0. The molecule has 0 bridgehead atoms. The monoisotopic (exact) mass is 321 g/mol. The third-order valence-electron chi connectivity index (χ3n) is 3.13. The predicted octanol–water partition coefficient (Wildman–Crippen LogP) is 4.11. The molecule has 21 heavy (non-hydrogen) atoms. The van der Waals surface area contributed by atoms with Crippen LogP contribution in [0.4, 0.5) is 24.8 Å². The second kappa shape index (κ2) is 7.77. The molecule has 0 amide bonds. The zero-order chi connectivity index (χ0) is 16.0. The smallest absolute Gasteiger partial charge is 0.370 e. The van der Waals surface area contributed by atoms with Crippen molar-refractivity contribution < 1.29 is 13.2 Å². The minimum atomic E-state index is -4.37. The third kappa shape index (κ3) is 5.30. The minimum Gasteiger partial charge on any atom is -0.370 e. The van der Waals surface area contributed by atoms with E-state index in [9.17, 15) is 13.2 Å². The van der Waals surface area contributed by atoms with E-state index in [2.05, 4.69) is 10.3 Å². The van der Waals surface area contributed by atoms with Crippen LogP contribution in [0.1, 0.15) is 25.8 Å². The Kier molecular flexibility index (Phi) is 6.64. The number of aromatic nitrogens is 1. The highest BCUT2D eigenvalue weighted by Gasteiger charge is 2.32. The van der Waals surface area contributed by atoms with Crippen LogP contribution in [0.15, 0.2) is 12.1 Å². The number of nitrogens with zero attached hydrogens (tertiary/aromatic N) is 2. The maximum Gasteiger partial charge on any atom is 0.416 e. The van der Waals surface area contributed by atoms with E-state index in [1.165, 1.54) is 0 Å².